The lowest BCUT2D eigenvalue weighted by Crippen LogP contribution is -2.53. The van der Waals surface area contributed by atoms with Gasteiger partial charge in [0.1, 0.15) is 0 Å². The van der Waals surface area contributed by atoms with Crippen LogP contribution < -0.4 is 5.32 Å². The van der Waals surface area contributed by atoms with E-state index in [2.05, 4.69) is 22.2 Å². The zero-order chi connectivity index (χ0) is 10.3. The van der Waals surface area contributed by atoms with E-state index in [1.54, 1.807) is 0 Å². The second-order valence-electron chi connectivity index (χ2n) is 5.02. The molecule has 82 valence electrons. The minimum absolute atomic E-state index is 0.186. The SMILES string of the molecule is C[C@@H]1CCCC[C@@]12NCCc1[nH]cnc12. The van der Waals surface area contributed by atoms with Crippen molar-refractivity contribution in [2.24, 2.45) is 5.92 Å². The van der Waals surface area contributed by atoms with Crippen molar-refractivity contribution in [2.45, 2.75) is 44.6 Å². The zero-order valence-electron chi connectivity index (χ0n) is 9.34. The molecule has 2 aliphatic rings. The van der Waals surface area contributed by atoms with Crippen LogP contribution in [-0.4, -0.2) is 16.5 Å². The average molecular weight is 205 g/mol. The van der Waals surface area contributed by atoms with Crippen molar-refractivity contribution < 1.29 is 0 Å². The Hall–Kier alpha value is -0.830. The van der Waals surface area contributed by atoms with E-state index in [9.17, 15) is 0 Å². The lowest BCUT2D eigenvalue weighted by molar-refractivity contribution is 0.141. The van der Waals surface area contributed by atoms with Gasteiger partial charge < -0.3 is 10.3 Å². The van der Waals surface area contributed by atoms with Crippen molar-refractivity contribution >= 4 is 0 Å². The first-order valence-corrected chi connectivity index (χ1v) is 6.11. The smallest absolute Gasteiger partial charge is 0.0926 e. The van der Waals surface area contributed by atoms with Gasteiger partial charge in [-0.15, -0.1) is 0 Å². The molecule has 0 aromatic carbocycles. The number of nitrogens with one attached hydrogen (secondary N) is 2. The van der Waals surface area contributed by atoms with Crippen molar-refractivity contribution in [3.8, 4) is 0 Å². The van der Waals surface area contributed by atoms with E-state index in [-0.39, 0.29) is 5.54 Å². The van der Waals surface area contributed by atoms with Gasteiger partial charge in [-0.05, 0) is 18.8 Å². The van der Waals surface area contributed by atoms with Gasteiger partial charge in [0.05, 0.1) is 17.6 Å². The molecular weight excluding hydrogens is 186 g/mol. The third-order valence-corrected chi connectivity index (χ3v) is 4.26. The Morgan fingerprint density at radius 3 is 3.27 bits per heavy atom. The quantitative estimate of drug-likeness (QED) is 0.679. The van der Waals surface area contributed by atoms with E-state index in [4.69, 9.17) is 0 Å². The average Bonchev–Trinajstić information content (AvgIpc) is 2.72. The van der Waals surface area contributed by atoms with Gasteiger partial charge in [-0.2, -0.15) is 0 Å². The standard InChI is InChI=1S/C12H19N3/c1-9-4-2-3-6-12(9)11-10(5-7-15-12)13-8-14-11/h8-9,15H,2-7H2,1H3,(H,13,14)/t9-,12-/m1/s1. The van der Waals surface area contributed by atoms with E-state index in [1.165, 1.54) is 37.1 Å². The van der Waals surface area contributed by atoms with Crippen LogP contribution in [0.3, 0.4) is 0 Å². The van der Waals surface area contributed by atoms with Gasteiger partial charge in [0.15, 0.2) is 0 Å². The molecule has 1 saturated carbocycles. The van der Waals surface area contributed by atoms with Crippen molar-refractivity contribution in [3.63, 3.8) is 0 Å². The van der Waals surface area contributed by atoms with Crippen LogP contribution in [0.2, 0.25) is 0 Å². The van der Waals surface area contributed by atoms with E-state index in [1.807, 2.05) is 6.33 Å². The Bertz CT molecular complexity index is 358. The molecule has 3 rings (SSSR count). The van der Waals surface area contributed by atoms with Crippen LogP contribution in [0.15, 0.2) is 6.33 Å². The minimum atomic E-state index is 0.186. The van der Waals surface area contributed by atoms with E-state index in [0.29, 0.717) is 5.92 Å². The summed E-state index contributed by atoms with van der Waals surface area (Å²) in [6.07, 6.45) is 8.27. The summed E-state index contributed by atoms with van der Waals surface area (Å²) in [5, 5.41) is 3.74. The molecule has 2 atom stereocenters. The summed E-state index contributed by atoms with van der Waals surface area (Å²) in [7, 11) is 0. The number of H-pyrrole nitrogens is 1. The van der Waals surface area contributed by atoms with Gasteiger partial charge in [-0.3, -0.25) is 0 Å². The summed E-state index contributed by atoms with van der Waals surface area (Å²) in [4.78, 5) is 7.86. The van der Waals surface area contributed by atoms with Crippen molar-refractivity contribution in [1.82, 2.24) is 15.3 Å². The topological polar surface area (TPSA) is 40.7 Å². The monoisotopic (exact) mass is 205 g/mol. The molecule has 1 fully saturated rings. The molecular formula is C12H19N3. The van der Waals surface area contributed by atoms with E-state index in [0.717, 1.165) is 13.0 Å². The Labute approximate surface area is 90.7 Å². The highest BCUT2D eigenvalue weighted by Gasteiger charge is 2.44. The summed E-state index contributed by atoms with van der Waals surface area (Å²) >= 11 is 0. The molecule has 0 saturated heterocycles. The predicted molar refractivity (Wildman–Crippen MR) is 59.6 cm³/mol. The molecule has 0 radical (unpaired) electrons. The fraction of sp³-hybridized carbons (Fsp3) is 0.750. The molecule has 1 aromatic heterocycles. The molecule has 1 aliphatic heterocycles. The lowest BCUT2D eigenvalue weighted by Gasteiger charge is -2.45. The molecule has 1 spiro atoms. The molecule has 1 aromatic rings. The van der Waals surface area contributed by atoms with Gasteiger partial charge in [-0.1, -0.05) is 19.8 Å². The van der Waals surface area contributed by atoms with E-state index >= 15 is 0 Å². The fourth-order valence-electron chi connectivity index (χ4n) is 3.35. The zero-order valence-corrected chi connectivity index (χ0v) is 9.34. The molecule has 0 bridgehead atoms. The summed E-state index contributed by atoms with van der Waals surface area (Å²) in [5.41, 5.74) is 2.86. The summed E-state index contributed by atoms with van der Waals surface area (Å²) in [6.45, 7) is 3.47. The van der Waals surface area contributed by atoms with Crippen LogP contribution in [0.1, 0.15) is 44.0 Å². The molecule has 2 heterocycles. The minimum Gasteiger partial charge on any atom is -0.348 e. The first kappa shape index (κ1) is 9.40. The Morgan fingerprint density at radius 2 is 2.40 bits per heavy atom. The maximum Gasteiger partial charge on any atom is 0.0926 e. The normalized spacial score (nSPS) is 35.4. The largest absolute Gasteiger partial charge is 0.348 e. The van der Waals surface area contributed by atoms with Gasteiger partial charge in [0, 0.05) is 18.7 Å². The molecule has 0 unspecified atom stereocenters. The van der Waals surface area contributed by atoms with Gasteiger partial charge in [-0.25, -0.2) is 4.98 Å². The third kappa shape index (κ3) is 1.26. The second kappa shape index (κ2) is 3.34. The Morgan fingerprint density at radius 1 is 1.47 bits per heavy atom. The molecule has 3 nitrogen and oxygen atoms in total. The number of hydrogen-bond acceptors (Lipinski definition) is 2. The highest BCUT2D eigenvalue weighted by Crippen LogP contribution is 2.43. The van der Waals surface area contributed by atoms with Crippen LogP contribution in [0.25, 0.3) is 0 Å². The summed E-state index contributed by atoms with van der Waals surface area (Å²) in [5.74, 6) is 0.716. The van der Waals surface area contributed by atoms with Gasteiger partial charge >= 0.3 is 0 Å². The predicted octanol–water partition coefficient (Wildman–Crippen LogP) is 1.96. The number of imidazole rings is 1. The number of nitrogens with zero attached hydrogens (tertiary/aromatic N) is 1. The Balaban J connectivity index is 2.05. The lowest BCUT2D eigenvalue weighted by atomic mass is 9.70. The Kier molecular flexibility index (Phi) is 2.09. The van der Waals surface area contributed by atoms with Crippen LogP contribution in [-0.2, 0) is 12.0 Å². The maximum absolute atomic E-state index is 4.57. The highest BCUT2D eigenvalue weighted by molar-refractivity contribution is 5.26. The number of aromatic amines is 1. The van der Waals surface area contributed by atoms with Crippen LogP contribution in [0, 0.1) is 5.92 Å². The van der Waals surface area contributed by atoms with Gasteiger partial charge in [0.25, 0.3) is 0 Å². The molecule has 3 heteroatoms. The van der Waals surface area contributed by atoms with Crippen molar-refractivity contribution in [1.29, 1.82) is 0 Å². The third-order valence-electron chi connectivity index (χ3n) is 4.26. The summed E-state index contributed by atoms with van der Waals surface area (Å²) < 4.78 is 0. The first-order chi connectivity index (χ1) is 7.33. The van der Waals surface area contributed by atoms with Crippen LogP contribution >= 0.6 is 0 Å². The summed E-state index contributed by atoms with van der Waals surface area (Å²) in [6, 6.07) is 0. The first-order valence-electron chi connectivity index (χ1n) is 6.11. The van der Waals surface area contributed by atoms with Gasteiger partial charge in [0.2, 0.25) is 0 Å². The second-order valence-corrected chi connectivity index (χ2v) is 5.02. The van der Waals surface area contributed by atoms with Crippen LogP contribution in [0.4, 0.5) is 0 Å². The molecule has 0 amide bonds. The van der Waals surface area contributed by atoms with E-state index < -0.39 is 0 Å². The molecule has 2 N–H and O–H groups in total. The highest BCUT2D eigenvalue weighted by atomic mass is 15.1. The maximum atomic E-state index is 4.57. The fourth-order valence-corrected chi connectivity index (χ4v) is 3.35. The molecule has 1 aliphatic carbocycles. The number of rotatable bonds is 0. The number of fused-ring (bicyclic) bond motifs is 2. The van der Waals surface area contributed by atoms with Crippen LogP contribution in [0.5, 0.6) is 0 Å². The van der Waals surface area contributed by atoms with Crippen molar-refractivity contribution in [2.75, 3.05) is 6.54 Å². The molecule has 15 heavy (non-hydrogen) atoms. The number of aromatic nitrogens is 2. The number of hydrogen-bond donors (Lipinski definition) is 2. The van der Waals surface area contributed by atoms with Crippen molar-refractivity contribution in [3.05, 3.63) is 17.7 Å².